The number of benzene rings is 2. The molecule has 1 N–H and O–H groups in total. The molecule has 0 spiro atoms. The predicted octanol–water partition coefficient (Wildman–Crippen LogP) is 3.29. The highest BCUT2D eigenvalue weighted by atomic mass is 32.2. The molecule has 1 atom stereocenters. The van der Waals surface area contributed by atoms with Crippen LogP contribution in [0.2, 0.25) is 0 Å². The van der Waals surface area contributed by atoms with E-state index in [1.165, 1.54) is 30.0 Å². The highest BCUT2D eigenvalue weighted by Crippen LogP contribution is 2.27. The van der Waals surface area contributed by atoms with Crippen molar-refractivity contribution in [3.05, 3.63) is 75.6 Å². The van der Waals surface area contributed by atoms with Crippen molar-refractivity contribution in [1.29, 1.82) is 0 Å². The largest absolute Gasteiger partial charge is 0.303 e. The molecule has 0 bridgehead atoms. The Morgan fingerprint density at radius 3 is 2.67 bits per heavy atom. The van der Waals surface area contributed by atoms with Gasteiger partial charge in [-0.1, -0.05) is 42.1 Å². The van der Waals surface area contributed by atoms with Gasteiger partial charge in [0.25, 0.3) is 5.69 Å². The Morgan fingerprint density at radius 2 is 1.96 bits per heavy atom. The molecule has 0 aromatic heterocycles. The molecule has 0 aliphatic carbocycles. The van der Waals surface area contributed by atoms with Gasteiger partial charge in [-0.3, -0.25) is 14.9 Å². The Labute approximate surface area is 158 Å². The maximum absolute atomic E-state index is 13.0. The van der Waals surface area contributed by atoms with Crippen LogP contribution in [0.15, 0.2) is 58.7 Å². The van der Waals surface area contributed by atoms with E-state index in [2.05, 4.69) is 15.5 Å². The topological polar surface area (TPSA) is 97.0 Å². The highest BCUT2D eigenvalue weighted by Gasteiger charge is 2.32. The van der Waals surface area contributed by atoms with Gasteiger partial charge in [-0.05, 0) is 24.6 Å². The van der Waals surface area contributed by atoms with E-state index in [0.717, 1.165) is 0 Å². The molecule has 2 aromatic rings. The van der Waals surface area contributed by atoms with E-state index in [-0.39, 0.29) is 23.8 Å². The second-order valence-electron chi connectivity index (χ2n) is 5.78. The first-order valence-corrected chi connectivity index (χ1v) is 8.90. The van der Waals surface area contributed by atoms with Gasteiger partial charge in [0.1, 0.15) is 5.82 Å². The fourth-order valence-corrected chi connectivity index (χ4v) is 3.46. The Balaban J connectivity index is 1.72. The number of amides is 1. The summed E-state index contributed by atoms with van der Waals surface area (Å²) in [4.78, 5) is 22.8. The lowest BCUT2D eigenvalue weighted by molar-refractivity contribution is -0.385. The van der Waals surface area contributed by atoms with Crippen LogP contribution < -0.4 is 5.32 Å². The number of hydrogen-bond acceptors (Lipinski definition) is 6. The van der Waals surface area contributed by atoms with Gasteiger partial charge in [-0.2, -0.15) is 5.10 Å². The second-order valence-corrected chi connectivity index (χ2v) is 6.97. The number of nitro groups is 1. The molecule has 1 aliphatic heterocycles. The zero-order valence-electron chi connectivity index (χ0n) is 14.3. The summed E-state index contributed by atoms with van der Waals surface area (Å²) in [6.07, 6.45) is 0.216. The van der Waals surface area contributed by atoms with Crippen LogP contribution >= 0.6 is 11.8 Å². The van der Waals surface area contributed by atoms with E-state index in [9.17, 15) is 19.3 Å². The number of carbonyl (C=O) groups excluding carboxylic acids is 1. The summed E-state index contributed by atoms with van der Waals surface area (Å²) in [5.74, 6) is -0.610. The van der Waals surface area contributed by atoms with Gasteiger partial charge in [0.15, 0.2) is 5.17 Å². The molecule has 0 radical (unpaired) electrons. The lowest BCUT2D eigenvalue weighted by Crippen LogP contribution is -2.26. The zero-order chi connectivity index (χ0) is 19.4. The van der Waals surface area contributed by atoms with Crippen LogP contribution in [0, 0.1) is 15.9 Å². The summed E-state index contributed by atoms with van der Waals surface area (Å²) in [7, 11) is 0. The van der Waals surface area contributed by atoms with Crippen LogP contribution in [0.25, 0.3) is 0 Å². The molecule has 138 valence electrons. The van der Waals surface area contributed by atoms with Crippen molar-refractivity contribution in [3.63, 3.8) is 0 Å². The lowest BCUT2D eigenvalue weighted by atomic mass is 10.1. The summed E-state index contributed by atoms with van der Waals surface area (Å²) in [5, 5.41) is 21.6. The summed E-state index contributed by atoms with van der Waals surface area (Å²) >= 11 is 1.17. The minimum absolute atomic E-state index is 0.0125. The Morgan fingerprint density at radius 1 is 1.26 bits per heavy atom. The highest BCUT2D eigenvalue weighted by molar-refractivity contribution is 8.15. The third kappa shape index (κ3) is 4.56. The first-order chi connectivity index (χ1) is 12.9. The maximum Gasteiger partial charge on any atom is 0.272 e. The minimum atomic E-state index is -0.522. The van der Waals surface area contributed by atoms with Crippen LogP contribution in [0.4, 0.5) is 10.1 Å². The number of rotatable bonds is 5. The third-order valence-corrected chi connectivity index (χ3v) is 5.00. The third-order valence-electron chi connectivity index (χ3n) is 3.92. The van der Waals surface area contributed by atoms with Crippen LogP contribution in [0.5, 0.6) is 0 Å². The number of thioether (sulfide) groups is 1. The Hall–Kier alpha value is -3.07. The number of amidine groups is 1. The van der Waals surface area contributed by atoms with Crippen molar-refractivity contribution in [2.24, 2.45) is 10.2 Å². The van der Waals surface area contributed by atoms with Crippen molar-refractivity contribution in [2.75, 3.05) is 0 Å². The smallest absolute Gasteiger partial charge is 0.272 e. The maximum atomic E-state index is 13.0. The second kappa shape index (κ2) is 8.09. The van der Waals surface area contributed by atoms with Gasteiger partial charge < -0.3 is 5.32 Å². The molecule has 1 amide bonds. The standard InChI is InChI=1S/C18H15FN4O3S/c1-11(12-6-8-14(19)9-7-12)21-22-18-20-17(24)16(27-18)10-13-4-2-3-5-15(13)23(25)26/h2-9,16H,10H2,1H3,(H,20,22,24)/b21-11+. The van der Waals surface area contributed by atoms with Crippen LogP contribution in [-0.2, 0) is 11.2 Å². The summed E-state index contributed by atoms with van der Waals surface area (Å²) < 4.78 is 13.0. The van der Waals surface area contributed by atoms with Crippen molar-refractivity contribution in [1.82, 2.24) is 5.32 Å². The number of nitro benzene ring substituents is 1. The molecule has 1 unspecified atom stereocenters. The Kier molecular flexibility index (Phi) is 5.60. The molecule has 9 heteroatoms. The van der Waals surface area contributed by atoms with E-state index in [4.69, 9.17) is 0 Å². The van der Waals surface area contributed by atoms with Crippen molar-refractivity contribution >= 4 is 34.2 Å². The number of para-hydroxylation sites is 1. The van der Waals surface area contributed by atoms with Gasteiger partial charge in [0.05, 0.1) is 15.9 Å². The molecule has 1 fully saturated rings. The lowest BCUT2D eigenvalue weighted by Gasteiger charge is -2.05. The summed E-state index contributed by atoms with van der Waals surface area (Å²) in [5.41, 5.74) is 1.76. The molecular weight excluding hydrogens is 371 g/mol. The number of nitrogens with one attached hydrogen (secondary N) is 1. The predicted molar refractivity (Wildman–Crippen MR) is 102 cm³/mol. The fourth-order valence-electron chi connectivity index (χ4n) is 2.52. The van der Waals surface area contributed by atoms with Gasteiger partial charge >= 0.3 is 0 Å². The number of nitrogens with zero attached hydrogens (tertiary/aromatic N) is 3. The minimum Gasteiger partial charge on any atom is -0.303 e. The van der Waals surface area contributed by atoms with E-state index >= 15 is 0 Å². The molecule has 0 saturated carbocycles. The zero-order valence-corrected chi connectivity index (χ0v) is 15.1. The normalized spacial score (nSPS) is 18.6. The molecule has 1 heterocycles. The van der Waals surface area contributed by atoms with Crippen LogP contribution in [0.1, 0.15) is 18.1 Å². The van der Waals surface area contributed by atoms with Gasteiger partial charge in [-0.15, -0.1) is 5.10 Å². The average Bonchev–Trinajstić information content (AvgIpc) is 3.00. The Bertz CT molecular complexity index is 944. The average molecular weight is 386 g/mol. The van der Waals surface area contributed by atoms with Crippen molar-refractivity contribution in [3.8, 4) is 0 Å². The monoisotopic (exact) mass is 386 g/mol. The van der Waals surface area contributed by atoms with E-state index in [1.807, 2.05) is 0 Å². The van der Waals surface area contributed by atoms with Gasteiger partial charge in [0.2, 0.25) is 5.91 Å². The SMILES string of the molecule is C/C(=N\N=C1\NC(=O)C(Cc2ccccc2[N+](=O)[O-])S1)c1ccc(F)cc1. The van der Waals surface area contributed by atoms with E-state index < -0.39 is 10.2 Å². The molecular formula is C18H15FN4O3S. The molecule has 7 nitrogen and oxygen atoms in total. The van der Waals surface area contributed by atoms with Crippen molar-refractivity contribution < 1.29 is 14.1 Å². The summed E-state index contributed by atoms with van der Waals surface area (Å²) in [6.45, 7) is 1.73. The molecule has 2 aromatic carbocycles. The van der Waals surface area contributed by atoms with E-state index in [0.29, 0.717) is 22.0 Å². The number of hydrogen-bond donors (Lipinski definition) is 1. The van der Waals surface area contributed by atoms with Crippen molar-refractivity contribution in [2.45, 2.75) is 18.6 Å². The van der Waals surface area contributed by atoms with Gasteiger partial charge in [-0.25, -0.2) is 4.39 Å². The number of halogens is 1. The molecule has 3 rings (SSSR count). The van der Waals surface area contributed by atoms with E-state index in [1.54, 1.807) is 37.3 Å². The molecule has 1 saturated heterocycles. The first kappa shape index (κ1) is 18.7. The first-order valence-electron chi connectivity index (χ1n) is 8.02. The van der Waals surface area contributed by atoms with Crippen LogP contribution in [-0.4, -0.2) is 27.0 Å². The molecule has 27 heavy (non-hydrogen) atoms. The summed E-state index contributed by atoms with van der Waals surface area (Å²) in [6, 6.07) is 12.2. The van der Waals surface area contributed by atoms with Gasteiger partial charge in [0, 0.05) is 18.1 Å². The molecule has 1 aliphatic rings. The van der Waals surface area contributed by atoms with Crippen LogP contribution in [0.3, 0.4) is 0 Å². The number of carbonyl (C=O) groups is 1. The quantitative estimate of drug-likeness (QED) is 0.484. The fraction of sp³-hybridized carbons (Fsp3) is 0.167.